The maximum atomic E-state index is 12.0. The van der Waals surface area contributed by atoms with E-state index in [0.717, 1.165) is 30.2 Å². The number of hydrogen-bond donors (Lipinski definition) is 2. The van der Waals surface area contributed by atoms with E-state index in [2.05, 4.69) is 21.2 Å². The Morgan fingerprint density at radius 1 is 1.42 bits per heavy atom. The van der Waals surface area contributed by atoms with E-state index in [9.17, 15) is 14.7 Å². The van der Waals surface area contributed by atoms with Crippen molar-refractivity contribution in [3.05, 3.63) is 33.2 Å². The van der Waals surface area contributed by atoms with E-state index in [0.29, 0.717) is 0 Å². The molecular weight excluding hydrogens is 312 g/mol. The topological polar surface area (TPSA) is 71.3 Å². The fraction of sp³-hybridized carbons (Fsp3) is 0.538. The summed E-state index contributed by atoms with van der Waals surface area (Å²) >= 11 is 3.27. The molecule has 0 aliphatic heterocycles. The first-order valence-electron chi connectivity index (χ1n) is 6.33. The van der Waals surface area contributed by atoms with Crippen LogP contribution in [-0.4, -0.2) is 27.7 Å². The minimum absolute atomic E-state index is 0.0278. The summed E-state index contributed by atoms with van der Waals surface area (Å²) in [5.41, 5.74) is -0.713. The van der Waals surface area contributed by atoms with Crippen LogP contribution in [0.1, 0.15) is 25.7 Å². The molecule has 1 aliphatic rings. The van der Waals surface area contributed by atoms with Gasteiger partial charge in [-0.3, -0.25) is 9.59 Å². The molecule has 1 aliphatic carbocycles. The summed E-state index contributed by atoms with van der Waals surface area (Å²) in [6, 6.07) is 3.05. The Bertz CT molecular complexity index is 521. The van der Waals surface area contributed by atoms with Crippen LogP contribution in [0.2, 0.25) is 0 Å². The van der Waals surface area contributed by atoms with Gasteiger partial charge in [-0.05, 0) is 34.8 Å². The van der Waals surface area contributed by atoms with Crippen molar-refractivity contribution in [3.8, 4) is 0 Å². The highest BCUT2D eigenvalue weighted by Gasteiger charge is 2.34. The predicted octanol–water partition coefficient (Wildman–Crippen LogP) is 1.03. The molecule has 1 saturated carbocycles. The first kappa shape index (κ1) is 14.3. The van der Waals surface area contributed by atoms with Gasteiger partial charge in [0, 0.05) is 16.7 Å². The number of aliphatic hydroxyl groups is 1. The van der Waals surface area contributed by atoms with Gasteiger partial charge in [0.25, 0.3) is 5.56 Å². The molecule has 0 aromatic carbocycles. The molecule has 0 unspecified atom stereocenters. The molecule has 5 nitrogen and oxygen atoms in total. The summed E-state index contributed by atoms with van der Waals surface area (Å²) in [5.74, 6) is -0.240. The van der Waals surface area contributed by atoms with E-state index in [1.807, 2.05) is 0 Å². The molecule has 0 radical (unpaired) electrons. The lowest BCUT2D eigenvalue weighted by atomic mass is 9.99. The standard InChI is InChI=1S/C13H17BrN2O3/c14-10-3-4-12(19)16(7-10)8-11(18)15-13(9-17)5-1-2-6-13/h3-4,7,17H,1-2,5-6,8-9H2,(H,15,18). The van der Waals surface area contributed by atoms with Gasteiger partial charge in [0.2, 0.25) is 5.91 Å². The number of aromatic nitrogens is 1. The van der Waals surface area contributed by atoms with Crippen molar-refractivity contribution in [1.29, 1.82) is 0 Å². The number of nitrogens with one attached hydrogen (secondary N) is 1. The van der Waals surface area contributed by atoms with Crippen LogP contribution in [0, 0.1) is 0 Å². The zero-order chi connectivity index (χ0) is 13.9. The van der Waals surface area contributed by atoms with Gasteiger partial charge in [-0.25, -0.2) is 0 Å². The molecule has 19 heavy (non-hydrogen) atoms. The minimum Gasteiger partial charge on any atom is -0.394 e. The molecule has 2 rings (SSSR count). The summed E-state index contributed by atoms with van der Waals surface area (Å²) in [5, 5.41) is 12.3. The number of hydrogen-bond acceptors (Lipinski definition) is 3. The molecule has 1 aromatic heterocycles. The predicted molar refractivity (Wildman–Crippen MR) is 74.8 cm³/mol. The fourth-order valence-electron chi connectivity index (χ4n) is 2.49. The first-order chi connectivity index (χ1) is 9.04. The summed E-state index contributed by atoms with van der Waals surface area (Å²) in [4.78, 5) is 23.6. The lowest BCUT2D eigenvalue weighted by Crippen LogP contribution is -2.50. The summed E-state index contributed by atoms with van der Waals surface area (Å²) in [7, 11) is 0. The lowest BCUT2D eigenvalue weighted by Gasteiger charge is -2.28. The van der Waals surface area contributed by atoms with Crippen LogP contribution in [0.25, 0.3) is 0 Å². The Hall–Kier alpha value is -1.14. The van der Waals surface area contributed by atoms with E-state index in [1.165, 1.54) is 10.6 Å². The molecule has 1 fully saturated rings. The molecule has 0 atom stereocenters. The zero-order valence-electron chi connectivity index (χ0n) is 10.6. The molecular formula is C13H17BrN2O3. The highest BCUT2D eigenvalue weighted by atomic mass is 79.9. The van der Waals surface area contributed by atoms with Gasteiger partial charge in [-0.15, -0.1) is 0 Å². The molecule has 6 heteroatoms. The van der Waals surface area contributed by atoms with E-state index >= 15 is 0 Å². The third kappa shape index (κ3) is 3.45. The molecule has 0 saturated heterocycles. The van der Waals surface area contributed by atoms with E-state index in [4.69, 9.17) is 0 Å². The fourth-order valence-corrected chi connectivity index (χ4v) is 2.87. The Morgan fingerprint density at radius 2 is 2.11 bits per heavy atom. The number of rotatable bonds is 4. The second-order valence-corrected chi connectivity index (χ2v) is 5.92. The number of carbonyl (C=O) groups is 1. The van der Waals surface area contributed by atoms with Gasteiger partial charge in [0.05, 0.1) is 12.1 Å². The van der Waals surface area contributed by atoms with Crippen LogP contribution in [0.4, 0.5) is 0 Å². The van der Waals surface area contributed by atoms with Crippen molar-refractivity contribution in [2.75, 3.05) is 6.61 Å². The monoisotopic (exact) mass is 328 g/mol. The van der Waals surface area contributed by atoms with Crippen LogP contribution in [-0.2, 0) is 11.3 Å². The number of amides is 1. The van der Waals surface area contributed by atoms with Crippen molar-refractivity contribution in [2.45, 2.75) is 37.8 Å². The van der Waals surface area contributed by atoms with Gasteiger partial charge >= 0.3 is 0 Å². The van der Waals surface area contributed by atoms with E-state index in [-0.39, 0.29) is 24.6 Å². The maximum absolute atomic E-state index is 12.0. The molecule has 1 amide bonds. The Morgan fingerprint density at radius 3 is 2.74 bits per heavy atom. The average Bonchev–Trinajstić information content (AvgIpc) is 2.83. The second kappa shape index (κ2) is 5.88. The van der Waals surface area contributed by atoms with Crippen LogP contribution >= 0.6 is 15.9 Å². The summed E-state index contributed by atoms with van der Waals surface area (Å²) < 4.78 is 2.09. The molecule has 104 valence electrons. The van der Waals surface area contributed by atoms with Gasteiger partial charge in [0.15, 0.2) is 0 Å². The van der Waals surface area contributed by atoms with Crippen LogP contribution in [0.15, 0.2) is 27.6 Å². The van der Waals surface area contributed by atoms with Crippen molar-refractivity contribution in [3.63, 3.8) is 0 Å². The van der Waals surface area contributed by atoms with Crippen LogP contribution in [0.5, 0.6) is 0 Å². The number of nitrogens with zero attached hydrogens (tertiary/aromatic N) is 1. The Kier molecular flexibility index (Phi) is 4.42. The first-order valence-corrected chi connectivity index (χ1v) is 7.12. The number of pyridine rings is 1. The second-order valence-electron chi connectivity index (χ2n) is 5.01. The summed E-state index contributed by atoms with van der Waals surface area (Å²) in [6.45, 7) is -0.0772. The van der Waals surface area contributed by atoms with Gasteiger partial charge in [-0.2, -0.15) is 0 Å². The van der Waals surface area contributed by atoms with Gasteiger partial charge in [-0.1, -0.05) is 12.8 Å². The van der Waals surface area contributed by atoms with E-state index < -0.39 is 5.54 Å². The van der Waals surface area contributed by atoms with Gasteiger partial charge < -0.3 is 15.0 Å². The third-order valence-corrected chi connectivity index (χ3v) is 4.00. The highest BCUT2D eigenvalue weighted by Crippen LogP contribution is 2.28. The lowest BCUT2D eigenvalue weighted by molar-refractivity contribution is -0.124. The van der Waals surface area contributed by atoms with Gasteiger partial charge in [0.1, 0.15) is 6.54 Å². The largest absolute Gasteiger partial charge is 0.394 e. The highest BCUT2D eigenvalue weighted by molar-refractivity contribution is 9.10. The number of halogens is 1. The maximum Gasteiger partial charge on any atom is 0.251 e. The zero-order valence-corrected chi connectivity index (χ0v) is 12.1. The molecule has 1 heterocycles. The Labute approximate surface area is 119 Å². The van der Waals surface area contributed by atoms with Crippen molar-refractivity contribution in [2.24, 2.45) is 0 Å². The molecule has 1 aromatic rings. The van der Waals surface area contributed by atoms with Crippen molar-refractivity contribution in [1.82, 2.24) is 9.88 Å². The molecule has 0 spiro atoms. The third-order valence-electron chi connectivity index (χ3n) is 3.53. The van der Waals surface area contributed by atoms with Crippen molar-refractivity contribution < 1.29 is 9.90 Å². The summed E-state index contributed by atoms with van der Waals surface area (Å²) in [6.07, 6.45) is 5.20. The normalized spacial score (nSPS) is 17.4. The smallest absolute Gasteiger partial charge is 0.251 e. The van der Waals surface area contributed by atoms with Crippen LogP contribution < -0.4 is 10.9 Å². The molecule has 2 N–H and O–H groups in total. The molecule has 0 bridgehead atoms. The number of carbonyl (C=O) groups excluding carboxylic acids is 1. The quantitative estimate of drug-likeness (QED) is 0.867. The average molecular weight is 329 g/mol. The van der Waals surface area contributed by atoms with Crippen molar-refractivity contribution >= 4 is 21.8 Å². The minimum atomic E-state index is -0.493. The Balaban J connectivity index is 2.05. The van der Waals surface area contributed by atoms with E-state index in [1.54, 1.807) is 12.3 Å². The SMILES string of the molecule is O=C(Cn1cc(Br)ccc1=O)NC1(CO)CCCC1. The van der Waals surface area contributed by atoms with Crippen LogP contribution in [0.3, 0.4) is 0 Å². The number of aliphatic hydroxyl groups excluding tert-OH is 1.